The van der Waals surface area contributed by atoms with Crippen LogP contribution in [0.4, 0.5) is 0 Å². The lowest BCUT2D eigenvalue weighted by Gasteiger charge is -2.25. The number of aromatic amines is 2. The van der Waals surface area contributed by atoms with Gasteiger partial charge in [0, 0.05) is 24.1 Å². The van der Waals surface area contributed by atoms with Gasteiger partial charge in [0.25, 0.3) is 17.0 Å². The van der Waals surface area contributed by atoms with E-state index in [0.717, 1.165) is 41.9 Å². The summed E-state index contributed by atoms with van der Waals surface area (Å²) in [4.78, 5) is 48.1. The fourth-order valence-electron chi connectivity index (χ4n) is 4.10. The predicted octanol–water partition coefficient (Wildman–Crippen LogP) is 3.31. The molecule has 0 bridgehead atoms. The lowest BCUT2D eigenvalue weighted by Crippen LogP contribution is -2.34. The molecule has 3 aromatic rings. The lowest BCUT2D eigenvalue weighted by atomic mass is 9.85. The number of pyridine rings is 1. The van der Waals surface area contributed by atoms with E-state index in [1.54, 1.807) is 6.07 Å². The number of carbonyl (C=O) groups is 1. The number of nitrogens with one attached hydrogen (secondary N) is 3. The molecule has 3 N–H and O–H groups in total. The van der Waals surface area contributed by atoms with E-state index >= 15 is 0 Å². The molecule has 166 valence electrons. The third-order valence-electron chi connectivity index (χ3n) is 6.17. The van der Waals surface area contributed by atoms with Crippen molar-refractivity contribution in [2.45, 2.75) is 57.9 Å². The summed E-state index contributed by atoms with van der Waals surface area (Å²) in [5, 5.41) is 2.99. The van der Waals surface area contributed by atoms with Crippen LogP contribution in [0.25, 0.3) is 0 Å². The highest BCUT2D eigenvalue weighted by molar-refractivity contribution is 5.94. The van der Waals surface area contributed by atoms with Crippen molar-refractivity contribution in [2.24, 2.45) is 0 Å². The number of amides is 1. The molecule has 2 heterocycles. The Balaban J connectivity index is 1.63. The van der Waals surface area contributed by atoms with Gasteiger partial charge in [-0.3, -0.25) is 14.4 Å². The standard InChI is InChI=1S/C25H28N4O3/c1-3-20-15(2)12-19(24(31)27-20)25(32)28-21(16-8-5-4-6-9-16)13-18-14-22(30)29-23(26-18)17-10-7-11-17/h4-6,8-9,12,14,17,21H,3,7,10-11,13H2,1-2H3,(H,27,31)(H,28,32)(H,26,29,30)/t21-/m1/s1. The zero-order chi connectivity index (χ0) is 22.7. The first-order chi connectivity index (χ1) is 15.4. The third-order valence-corrected chi connectivity index (χ3v) is 6.17. The van der Waals surface area contributed by atoms with Crippen molar-refractivity contribution < 1.29 is 4.79 Å². The Bertz CT molecular complexity index is 1230. The largest absolute Gasteiger partial charge is 0.345 e. The van der Waals surface area contributed by atoms with Gasteiger partial charge in [-0.25, -0.2) is 4.98 Å². The Morgan fingerprint density at radius 1 is 1.16 bits per heavy atom. The summed E-state index contributed by atoms with van der Waals surface area (Å²) < 4.78 is 0. The highest BCUT2D eigenvalue weighted by Crippen LogP contribution is 2.34. The van der Waals surface area contributed by atoms with Crippen LogP contribution in [0.3, 0.4) is 0 Å². The van der Waals surface area contributed by atoms with Crippen molar-refractivity contribution >= 4 is 5.91 Å². The van der Waals surface area contributed by atoms with E-state index < -0.39 is 17.5 Å². The number of aromatic nitrogens is 3. The Morgan fingerprint density at radius 2 is 1.91 bits per heavy atom. The van der Waals surface area contributed by atoms with Gasteiger partial charge in [0.15, 0.2) is 0 Å². The predicted molar refractivity (Wildman–Crippen MR) is 123 cm³/mol. The molecule has 1 aromatic carbocycles. The number of carbonyl (C=O) groups excluding carboxylic acids is 1. The zero-order valence-corrected chi connectivity index (χ0v) is 18.4. The average molecular weight is 433 g/mol. The molecular formula is C25H28N4O3. The maximum Gasteiger partial charge on any atom is 0.261 e. The Kier molecular flexibility index (Phi) is 6.35. The van der Waals surface area contributed by atoms with Gasteiger partial charge in [-0.2, -0.15) is 0 Å². The molecule has 1 atom stereocenters. The van der Waals surface area contributed by atoms with E-state index in [9.17, 15) is 14.4 Å². The van der Waals surface area contributed by atoms with Crippen molar-refractivity contribution in [1.29, 1.82) is 0 Å². The summed E-state index contributed by atoms with van der Waals surface area (Å²) in [5.74, 6) is 0.569. The lowest BCUT2D eigenvalue weighted by molar-refractivity contribution is 0.0934. The van der Waals surface area contributed by atoms with E-state index in [-0.39, 0.29) is 11.1 Å². The minimum atomic E-state index is -0.449. The summed E-state index contributed by atoms with van der Waals surface area (Å²) >= 11 is 0. The van der Waals surface area contributed by atoms with Crippen LogP contribution in [0.15, 0.2) is 52.1 Å². The molecule has 0 unspecified atom stereocenters. The molecule has 1 aliphatic rings. The van der Waals surface area contributed by atoms with E-state index in [1.165, 1.54) is 6.07 Å². The molecule has 0 radical (unpaired) electrons. The number of nitrogens with zero attached hydrogens (tertiary/aromatic N) is 1. The molecule has 1 aliphatic carbocycles. The molecule has 0 aliphatic heterocycles. The Labute approximate surface area is 186 Å². The van der Waals surface area contributed by atoms with Crippen LogP contribution in [-0.4, -0.2) is 20.9 Å². The normalized spacial score (nSPS) is 14.6. The van der Waals surface area contributed by atoms with Crippen LogP contribution in [0, 0.1) is 6.92 Å². The van der Waals surface area contributed by atoms with Crippen LogP contribution in [0.5, 0.6) is 0 Å². The Morgan fingerprint density at radius 3 is 2.56 bits per heavy atom. The van der Waals surface area contributed by atoms with Gasteiger partial charge in [0.2, 0.25) is 0 Å². The maximum absolute atomic E-state index is 13.1. The molecule has 7 nitrogen and oxygen atoms in total. The molecule has 0 spiro atoms. The van der Waals surface area contributed by atoms with Gasteiger partial charge in [-0.15, -0.1) is 0 Å². The quantitative estimate of drug-likeness (QED) is 0.532. The highest BCUT2D eigenvalue weighted by Gasteiger charge is 2.24. The van der Waals surface area contributed by atoms with Gasteiger partial charge < -0.3 is 15.3 Å². The summed E-state index contributed by atoms with van der Waals surface area (Å²) in [6.07, 6.45) is 4.24. The van der Waals surface area contributed by atoms with Crippen molar-refractivity contribution in [3.05, 3.63) is 97.1 Å². The number of benzene rings is 1. The first-order valence-electron chi connectivity index (χ1n) is 11.1. The van der Waals surface area contributed by atoms with Crippen molar-refractivity contribution in [2.75, 3.05) is 0 Å². The molecule has 7 heteroatoms. The molecule has 1 fully saturated rings. The van der Waals surface area contributed by atoms with Gasteiger partial charge in [0.05, 0.1) is 11.7 Å². The molecule has 32 heavy (non-hydrogen) atoms. The highest BCUT2D eigenvalue weighted by atomic mass is 16.2. The number of aryl methyl sites for hydroxylation is 2. The number of rotatable bonds is 7. The fourth-order valence-corrected chi connectivity index (χ4v) is 4.10. The third kappa shape index (κ3) is 4.72. The number of H-pyrrole nitrogens is 2. The zero-order valence-electron chi connectivity index (χ0n) is 18.4. The van der Waals surface area contributed by atoms with E-state index in [4.69, 9.17) is 0 Å². The topological polar surface area (TPSA) is 108 Å². The minimum Gasteiger partial charge on any atom is -0.345 e. The van der Waals surface area contributed by atoms with E-state index in [0.29, 0.717) is 24.5 Å². The van der Waals surface area contributed by atoms with E-state index in [1.807, 2.05) is 44.2 Å². The van der Waals surface area contributed by atoms with Crippen molar-refractivity contribution in [3.63, 3.8) is 0 Å². The Hall–Kier alpha value is -3.48. The van der Waals surface area contributed by atoms with Gasteiger partial charge >= 0.3 is 0 Å². The molecule has 2 aromatic heterocycles. The molecule has 1 saturated carbocycles. The SMILES string of the molecule is CCc1[nH]c(=O)c(C(=O)N[C@H](Cc2cc(=O)[nH]c(C3CCC3)n2)c2ccccc2)cc1C. The maximum atomic E-state index is 13.1. The number of hydrogen-bond acceptors (Lipinski definition) is 4. The molecule has 1 amide bonds. The van der Waals surface area contributed by atoms with Crippen LogP contribution in [0.1, 0.15) is 76.8 Å². The number of hydrogen-bond donors (Lipinski definition) is 3. The van der Waals surface area contributed by atoms with Crippen LogP contribution in [-0.2, 0) is 12.8 Å². The molecular weight excluding hydrogens is 404 g/mol. The summed E-state index contributed by atoms with van der Waals surface area (Å²) in [5.41, 5.74) is 2.69. The second-order valence-electron chi connectivity index (χ2n) is 8.42. The first kappa shape index (κ1) is 21.7. The van der Waals surface area contributed by atoms with Gasteiger partial charge in [0.1, 0.15) is 11.4 Å². The van der Waals surface area contributed by atoms with Crippen LogP contribution >= 0.6 is 0 Å². The van der Waals surface area contributed by atoms with Gasteiger partial charge in [-0.1, -0.05) is 43.7 Å². The van der Waals surface area contributed by atoms with Gasteiger partial charge in [-0.05, 0) is 43.4 Å². The summed E-state index contributed by atoms with van der Waals surface area (Å²) in [6.45, 7) is 3.83. The van der Waals surface area contributed by atoms with Crippen molar-refractivity contribution in [3.8, 4) is 0 Å². The summed E-state index contributed by atoms with van der Waals surface area (Å²) in [7, 11) is 0. The van der Waals surface area contributed by atoms with E-state index in [2.05, 4.69) is 20.3 Å². The van der Waals surface area contributed by atoms with Crippen molar-refractivity contribution in [1.82, 2.24) is 20.3 Å². The monoisotopic (exact) mass is 432 g/mol. The summed E-state index contributed by atoms with van der Waals surface area (Å²) in [6, 6.07) is 12.2. The first-order valence-corrected chi connectivity index (χ1v) is 11.1. The molecule has 4 rings (SSSR count). The van der Waals surface area contributed by atoms with Crippen LogP contribution in [0.2, 0.25) is 0 Å². The second kappa shape index (κ2) is 9.34. The smallest absolute Gasteiger partial charge is 0.261 e. The fraction of sp³-hybridized carbons (Fsp3) is 0.360. The van der Waals surface area contributed by atoms with Crippen LogP contribution < -0.4 is 16.4 Å². The minimum absolute atomic E-state index is 0.0784. The molecule has 0 saturated heterocycles. The average Bonchev–Trinajstić information content (AvgIpc) is 2.73. The second-order valence-corrected chi connectivity index (χ2v) is 8.42.